The number of nitrogens with zero attached hydrogens (tertiary/aromatic N) is 1. The molecule has 7 rings (SSSR count). The van der Waals surface area contributed by atoms with Crippen LogP contribution in [0.15, 0.2) is 66.4 Å². The Morgan fingerprint density at radius 3 is 2.61 bits per heavy atom. The zero-order valence-electron chi connectivity index (χ0n) is 26.6. The van der Waals surface area contributed by atoms with E-state index in [1.807, 2.05) is 57.3 Å². The molecule has 5 aliphatic rings. The number of Topliss-reactive ketones (excluding diaryl/α,β-unsaturated/α-hetero) is 1. The van der Waals surface area contributed by atoms with Crippen LogP contribution in [0.2, 0.25) is 0 Å². The van der Waals surface area contributed by atoms with Crippen molar-refractivity contribution < 1.29 is 33.7 Å². The molecular weight excluding hydrogens is 589 g/mol. The number of anilines is 2. The molecule has 0 amide bonds. The first-order valence-corrected chi connectivity index (χ1v) is 16.2. The Balaban J connectivity index is 1.15. The molecule has 244 valence electrons. The fourth-order valence-electron chi connectivity index (χ4n) is 9.60. The van der Waals surface area contributed by atoms with Crippen LogP contribution in [0, 0.1) is 22.7 Å². The number of rotatable bonds is 7. The molecule has 9 nitrogen and oxygen atoms in total. The summed E-state index contributed by atoms with van der Waals surface area (Å²) in [6.07, 6.45) is 4.29. The molecule has 2 heterocycles. The van der Waals surface area contributed by atoms with Gasteiger partial charge in [-0.1, -0.05) is 30.7 Å². The number of aliphatic hydroxyl groups is 2. The number of aromatic nitrogens is 1. The van der Waals surface area contributed by atoms with Gasteiger partial charge < -0.3 is 30.3 Å². The van der Waals surface area contributed by atoms with E-state index in [0.29, 0.717) is 36.2 Å². The van der Waals surface area contributed by atoms with Crippen molar-refractivity contribution in [1.82, 2.24) is 4.98 Å². The molecule has 4 aliphatic carbocycles. The zero-order chi connectivity index (χ0) is 32.6. The number of halogens is 1. The van der Waals surface area contributed by atoms with Crippen LogP contribution in [0.1, 0.15) is 69.9 Å². The molecule has 46 heavy (non-hydrogen) atoms. The quantitative estimate of drug-likeness (QED) is 0.334. The number of benzene rings is 1. The van der Waals surface area contributed by atoms with Gasteiger partial charge >= 0.3 is 0 Å². The molecule has 2 aromatic rings. The van der Waals surface area contributed by atoms with Gasteiger partial charge in [0, 0.05) is 47.3 Å². The van der Waals surface area contributed by atoms with E-state index in [1.165, 1.54) is 12.2 Å². The number of allylic oxidation sites excluding steroid dienone is 4. The van der Waals surface area contributed by atoms with Crippen molar-refractivity contribution in [3.63, 3.8) is 0 Å². The maximum atomic E-state index is 17.6. The monoisotopic (exact) mass is 631 g/mol. The first-order valence-electron chi connectivity index (χ1n) is 16.2. The van der Waals surface area contributed by atoms with Crippen molar-refractivity contribution in [3.05, 3.63) is 77.5 Å². The van der Waals surface area contributed by atoms with Crippen molar-refractivity contribution in [2.75, 3.05) is 24.3 Å². The van der Waals surface area contributed by atoms with Crippen molar-refractivity contribution in [2.24, 2.45) is 22.7 Å². The van der Waals surface area contributed by atoms with Crippen molar-refractivity contribution in [3.8, 4) is 0 Å². The number of carbonyl (C=O) groups is 2. The van der Waals surface area contributed by atoms with Gasteiger partial charge in [0.2, 0.25) is 0 Å². The largest absolute Gasteiger partial charge is 0.390 e. The van der Waals surface area contributed by atoms with Crippen molar-refractivity contribution >= 4 is 23.1 Å². The molecule has 10 atom stereocenters. The molecule has 0 bridgehead atoms. The number of fused-ring (bicyclic) bond motifs is 7. The van der Waals surface area contributed by atoms with E-state index in [2.05, 4.69) is 15.6 Å². The van der Waals surface area contributed by atoms with E-state index < -0.39 is 58.9 Å². The summed E-state index contributed by atoms with van der Waals surface area (Å²) in [4.78, 5) is 30.5. The maximum Gasteiger partial charge on any atom is 0.193 e. The predicted octanol–water partition coefficient (Wildman–Crippen LogP) is 4.99. The van der Waals surface area contributed by atoms with E-state index in [0.717, 1.165) is 11.3 Å². The van der Waals surface area contributed by atoms with E-state index in [1.54, 1.807) is 19.2 Å². The summed E-state index contributed by atoms with van der Waals surface area (Å²) in [5.74, 6) is -1.01. The molecular formula is C36H42FN3O6. The summed E-state index contributed by atoms with van der Waals surface area (Å²) in [5, 5.41) is 28.4. The third-order valence-electron chi connectivity index (χ3n) is 12.1. The predicted molar refractivity (Wildman–Crippen MR) is 170 cm³/mol. The number of aliphatic hydroxyl groups excluding tert-OH is 2. The molecule has 4 N–H and O–H groups in total. The summed E-state index contributed by atoms with van der Waals surface area (Å²) in [6, 6.07) is 11.8. The molecule has 0 unspecified atom stereocenters. The lowest BCUT2D eigenvalue weighted by Gasteiger charge is -2.62. The van der Waals surface area contributed by atoms with E-state index >= 15 is 4.39 Å². The third-order valence-corrected chi connectivity index (χ3v) is 12.1. The summed E-state index contributed by atoms with van der Waals surface area (Å²) in [6.45, 7) is 4.93. The summed E-state index contributed by atoms with van der Waals surface area (Å²) in [7, 11) is 1.88. The smallest absolute Gasteiger partial charge is 0.193 e. The van der Waals surface area contributed by atoms with Crippen molar-refractivity contribution in [1.29, 1.82) is 0 Å². The van der Waals surface area contributed by atoms with Crippen LogP contribution in [-0.2, 0) is 19.1 Å². The van der Waals surface area contributed by atoms with Crippen LogP contribution < -0.4 is 10.6 Å². The summed E-state index contributed by atoms with van der Waals surface area (Å²) in [5.41, 5.74) is -2.32. The first-order chi connectivity index (χ1) is 21.9. The van der Waals surface area contributed by atoms with Gasteiger partial charge in [0.25, 0.3) is 0 Å². The SMILES string of the molecule is CNc1ccc([C@@H](C)Nc2ccc([C@@H]3O[C@@H]4C[C@H]5[C@@H]6CCC7=CC(=O)C=C[C@]7(C)[C@@]6(F)[C@@H](O)C[C@]5(C)[C@]4(C(=O)CO)O3)cn2)cc1. The molecule has 1 saturated heterocycles. The number of ether oxygens (including phenoxy) is 2. The molecule has 1 aliphatic heterocycles. The van der Waals surface area contributed by atoms with Gasteiger partial charge in [-0.25, -0.2) is 9.37 Å². The van der Waals surface area contributed by atoms with E-state index in [9.17, 15) is 19.8 Å². The number of hydrogen-bond acceptors (Lipinski definition) is 9. The van der Waals surface area contributed by atoms with Crippen molar-refractivity contribution in [2.45, 2.75) is 82.3 Å². The number of hydrogen-bond donors (Lipinski definition) is 4. The number of pyridine rings is 1. The highest BCUT2D eigenvalue weighted by Crippen LogP contribution is 2.72. The molecule has 0 spiro atoms. The topological polar surface area (TPSA) is 130 Å². The Kier molecular flexibility index (Phi) is 7.32. The molecule has 10 heteroatoms. The lowest BCUT2D eigenvalue weighted by molar-refractivity contribution is -0.231. The standard InChI is InChI=1S/C36H42FN3O6/c1-20(21-5-9-24(38-4)10-6-21)40-31-12-7-22(18-39-31)32-45-30-16-27-26-11-8-23-15-25(42)13-14-33(23,2)35(26,37)28(43)17-34(27,3)36(30,46-32)29(44)19-41/h5-7,9-10,12-15,18,20,26-28,30,32,38,41,43H,8,11,16-17,19H2,1-4H3,(H,39,40)/t20-,26+,27+,28+,30-,32-,33+,34+,35+,36-/m1/s1. The molecule has 1 aromatic carbocycles. The highest BCUT2D eigenvalue weighted by atomic mass is 19.1. The second-order valence-corrected chi connectivity index (χ2v) is 14.1. The highest BCUT2D eigenvalue weighted by Gasteiger charge is 2.79. The third kappa shape index (κ3) is 4.16. The normalized spacial score (nSPS) is 39.8. The maximum absolute atomic E-state index is 17.6. The zero-order valence-corrected chi connectivity index (χ0v) is 26.6. The minimum atomic E-state index is -2.04. The Hall–Kier alpha value is -3.44. The Morgan fingerprint density at radius 1 is 1.17 bits per heavy atom. The average molecular weight is 632 g/mol. The highest BCUT2D eigenvalue weighted by molar-refractivity contribution is 6.01. The lowest BCUT2D eigenvalue weighted by Crippen LogP contribution is -2.69. The van der Waals surface area contributed by atoms with Crippen LogP contribution in [0.5, 0.6) is 0 Å². The summed E-state index contributed by atoms with van der Waals surface area (Å²) >= 11 is 0. The van der Waals surface area contributed by atoms with Crippen LogP contribution in [-0.4, -0.2) is 63.9 Å². The van der Waals surface area contributed by atoms with E-state index in [-0.39, 0.29) is 24.2 Å². The van der Waals surface area contributed by atoms with Crippen LogP contribution in [0.3, 0.4) is 0 Å². The van der Waals surface area contributed by atoms with E-state index in [4.69, 9.17) is 9.47 Å². The molecule has 3 saturated carbocycles. The fraction of sp³-hybridized carbons (Fsp3) is 0.528. The van der Waals surface area contributed by atoms with Gasteiger partial charge in [0.05, 0.1) is 12.2 Å². The number of carbonyl (C=O) groups excluding carboxylic acids is 2. The number of ketones is 2. The number of alkyl halides is 1. The first kappa shape index (κ1) is 31.2. The van der Waals surface area contributed by atoms with Gasteiger partial charge in [-0.15, -0.1) is 0 Å². The second-order valence-electron chi connectivity index (χ2n) is 14.1. The Morgan fingerprint density at radius 2 is 1.93 bits per heavy atom. The number of nitrogens with one attached hydrogen (secondary N) is 2. The minimum Gasteiger partial charge on any atom is -0.390 e. The van der Waals surface area contributed by atoms with Crippen LogP contribution in [0.4, 0.5) is 15.9 Å². The van der Waals surface area contributed by atoms with Crippen LogP contribution >= 0.6 is 0 Å². The van der Waals surface area contributed by atoms with Gasteiger partial charge in [0.15, 0.2) is 29.1 Å². The molecule has 4 fully saturated rings. The molecule has 1 aromatic heterocycles. The van der Waals surface area contributed by atoms with Gasteiger partial charge in [-0.05, 0) is 87.4 Å². The average Bonchev–Trinajstić information content (AvgIpc) is 3.55. The summed E-state index contributed by atoms with van der Waals surface area (Å²) < 4.78 is 30.6. The second kappa shape index (κ2) is 10.8. The van der Waals surface area contributed by atoms with Gasteiger partial charge in [0.1, 0.15) is 12.4 Å². The molecule has 0 radical (unpaired) electrons. The Bertz CT molecular complexity index is 1610. The van der Waals surface area contributed by atoms with Crippen LogP contribution in [0.25, 0.3) is 0 Å². The van der Waals surface area contributed by atoms with Gasteiger partial charge in [-0.3, -0.25) is 9.59 Å². The van der Waals surface area contributed by atoms with Gasteiger partial charge in [-0.2, -0.15) is 0 Å². The fourth-order valence-corrected chi connectivity index (χ4v) is 9.60. The Labute approximate surface area is 268 Å². The minimum absolute atomic E-state index is 0.00322. The lowest BCUT2D eigenvalue weighted by atomic mass is 9.44.